The van der Waals surface area contributed by atoms with Crippen molar-refractivity contribution in [3.05, 3.63) is 59.7 Å². The summed E-state index contributed by atoms with van der Waals surface area (Å²) in [5, 5.41) is 0. The number of methoxy groups -OCH3 is 1. The van der Waals surface area contributed by atoms with Gasteiger partial charge in [-0.15, -0.1) is 0 Å². The van der Waals surface area contributed by atoms with Crippen LogP contribution in [0.15, 0.2) is 48.5 Å². The third-order valence-electron chi connectivity index (χ3n) is 3.26. The normalized spacial score (nSPS) is 10.4. The van der Waals surface area contributed by atoms with Gasteiger partial charge in [-0.25, -0.2) is 0 Å². The molecule has 3 heteroatoms. The Hall–Kier alpha value is -2.00. The van der Waals surface area contributed by atoms with Crippen LogP contribution < -0.4 is 10.5 Å². The highest BCUT2D eigenvalue weighted by Gasteiger charge is 1.98. The maximum absolute atomic E-state index is 5.89. The van der Waals surface area contributed by atoms with Crippen molar-refractivity contribution in [2.24, 2.45) is 0 Å². The first kappa shape index (κ1) is 14.4. The van der Waals surface area contributed by atoms with Crippen LogP contribution in [0.1, 0.15) is 11.1 Å². The van der Waals surface area contributed by atoms with Crippen LogP contribution in [0.2, 0.25) is 0 Å². The van der Waals surface area contributed by atoms with E-state index in [1.807, 2.05) is 36.4 Å². The Morgan fingerprint density at radius 1 is 0.900 bits per heavy atom. The molecular weight excluding hydrogens is 250 g/mol. The first-order chi connectivity index (χ1) is 9.79. The van der Waals surface area contributed by atoms with Gasteiger partial charge in [-0.2, -0.15) is 0 Å². The maximum atomic E-state index is 5.89. The van der Waals surface area contributed by atoms with Crippen LogP contribution in [0.25, 0.3) is 0 Å². The molecule has 0 aliphatic heterocycles. The van der Waals surface area contributed by atoms with Crippen LogP contribution in [-0.4, -0.2) is 20.3 Å². The predicted molar refractivity (Wildman–Crippen MR) is 82.1 cm³/mol. The molecule has 106 valence electrons. The molecule has 20 heavy (non-hydrogen) atoms. The van der Waals surface area contributed by atoms with E-state index >= 15 is 0 Å². The van der Waals surface area contributed by atoms with E-state index in [2.05, 4.69) is 12.1 Å². The van der Waals surface area contributed by atoms with Crippen molar-refractivity contribution in [1.29, 1.82) is 0 Å². The summed E-state index contributed by atoms with van der Waals surface area (Å²) in [6.07, 6.45) is 1.77. The minimum atomic E-state index is 0.699. The highest BCUT2D eigenvalue weighted by atomic mass is 16.5. The van der Waals surface area contributed by atoms with Crippen molar-refractivity contribution in [3.8, 4) is 5.75 Å². The van der Waals surface area contributed by atoms with Gasteiger partial charge in [-0.3, -0.25) is 0 Å². The lowest BCUT2D eigenvalue weighted by atomic mass is 10.1. The van der Waals surface area contributed by atoms with Crippen molar-refractivity contribution in [2.45, 2.75) is 12.8 Å². The SMILES string of the molecule is COc1ccc(CCOCCc2ccccc2N)cc1. The van der Waals surface area contributed by atoms with Gasteiger partial charge in [0.15, 0.2) is 0 Å². The zero-order valence-electron chi connectivity index (χ0n) is 11.8. The Balaban J connectivity index is 1.67. The summed E-state index contributed by atoms with van der Waals surface area (Å²) in [5.74, 6) is 0.884. The molecule has 2 rings (SSSR count). The summed E-state index contributed by atoms with van der Waals surface area (Å²) in [6.45, 7) is 1.42. The van der Waals surface area contributed by atoms with Crippen molar-refractivity contribution in [3.63, 3.8) is 0 Å². The Morgan fingerprint density at radius 2 is 1.60 bits per heavy atom. The van der Waals surface area contributed by atoms with Gasteiger partial charge in [-0.1, -0.05) is 30.3 Å². The maximum Gasteiger partial charge on any atom is 0.118 e. The van der Waals surface area contributed by atoms with E-state index in [0.717, 1.165) is 36.4 Å². The van der Waals surface area contributed by atoms with E-state index in [9.17, 15) is 0 Å². The highest BCUT2D eigenvalue weighted by Crippen LogP contribution is 2.12. The average Bonchev–Trinajstić information content (AvgIpc) is 2.49. The molecule has 0 unspecified atom stereocenters. The summed E-state index contributed by atoms with van der Waals surface area (Å²) in [4.78, 5) is 0. The van der Waals surface area contributed by atoms with E-state index in [4.69, 9.17) is 15.2 Å². The largest absolute Gasteiger partial charge is 0.497 e. The fourth-order valence-electron chi connectivity index (χ4n) is 2.03. The molecule has 2 aromatic carbocycles. The van der Waals surface area contributed by atoms with Crippen LogP contribution in [0.4, 0.5) is 5.69 Å². The van der Waals surface area contributed by atoms with Crippen LogP contribution in [-0.2, 0) is 17.6 Å². The van der Waals surface area contributed by atoms with Crippen molar-refractivity contribution < 1.29 is 9.47 Å². The average molecular weight is 271 g/mol. The van der Waals surface area contributed by atoms with Crippen LogP contribution in [0, 0.1) is 0 Å². The van der Waals surface area contributed by atoms with Crippen molar-refractivity contribution >= 4 is 5.69 Å². The fourth-order valence-corrected chi connectivity index (χ4v) is 2.03. The number of hydrogen-bond acceptors (Lipinski definition) is 3. The molecule has 0 fully saturated rings. The summed E-state index contributed by atoms with van der Waals surface area (Å²) < 4.78 is 10.8. The Bertz CT molecular complexity index is 523. The minimum Gasteiger partial charge on any atom is -0.497 e. The van der Waals surface area contributed by atoms with Crippen LogP contribution in [0.5, 0.6) is 5.75 Å². The lowest BCUT2D eigenvalue weighted by molar-refractivity contribution is 0.140. The molecule has 0 aliphatic rings. The molecule has 3 nitrogen and oxygen atoms in total. The minimum absolute atomic E-state index is 0.699. The first-order valence-electron chi connectivity index (χ1n) is 6.83. The number of rotatable bonds is 7. The molecule has 0 atom stereocenters. The Morgan fingerprint density at radius 3 is 2.30 bits per heavy atom. The third kappa shape index (κ3) is 4.28. The molecule has 0 aliphatic carbocycles. The molecule has 2 N–H and O–H groups in total. The predicted octanol–water partition coefficient (Wildman–Crippen LogP) is 3.08. The summed E-state index contributed by atoms with van der Waals surface area (Å²) in [6, 6.07) is 16.0. The molecular formula is C17H21NO2. The van der Waals surface area contributed by atoms with E-state index in [1.165, 1.54) is 5.56 Å². The second-order valence-corrected chi connectivity index (χ2v) is 4.66. The number of hydrogen-bond donors (Lipinski definition) is 1. The molecule has 0 aromatic heterocycles. The highest BCUT2D eigenvalue weighted by molar-refractivity contribution is 5.46. The van der Waals surface area contributed by atoms with Gasteiger partial charge in [0.25, 0.3) is 0 Å². The lowest BCUT2D eigenvalue weighted by Gasteiger charge is -2.07. The third-order valence-corrected chi connectivity index (χ3v) is 3.26. The van der Waals surface area contributed by atoms with Gasteiger partial charge in [0.05, 0.1) is 20.3 Å². The quantitative estimate of drug-likeness (QED) is 0.621. The number of benzene rings is 2. The molecule has 2 aromatic rings. The number of para-hydroxylation sites is 1. The van der Waals surface area contributed by atoms with Crippen LogP contribution in [0.3, 0.4) is 0 Å². The van der Waals surface area contributed by atoms with E-state index in [0.29, 0.717) is 6.61 Å². The molecule has 0 radical (unpaired) electrons. The Kier molecular flexibility index (Phi) is 5.44. The molecule has 0 heterocycles. The van der Waals surface area contributed by atoms with Crippen molar-refractivity contribution in [1.82, 2.24) is 0 Å². The fraction of sp³-hybridized carbons (Fsp3) is 0.294. The van der Waals surface area contributed by atoms with E-state index in [-0.39, 0.29) is 0 Å². The molecule has 0 amide bonds. The van der Waals surface area contributed by atoms with Gasteiger partial charge in [0.1, 0.15) is 5.75 Å². The summed E-state index contributed by atoms with van der Waals surface area (Å²) >= 11 is 0. The van der Waals surface area contributed by atoms with Gasteiger partial charge < -0.3 is 15.2 Å². The second-order valence-electron chi connectivity index (χ2n) is 4.66. The first-order valence-corrected chi connectivity index (χ1v) is 6.83. The number of nitrogens with two attached hydrogens (primary N) is 1. The Labute approximate surface area is 120 Å². The molecule has 0 bridgehead atoms. The van der Waals surface area contributed by atoms with Gasteiger partial charge in [0.2, 0.25) is 0 Å². The topological polar surface area (TPSA) is 44.5 Å². The number of nitrogen functional groups attached to an aromatic ring is 1. The summed E-state index contributed by atoms with van der Waals surface area (Å²) in [5.41, 5.74) is 9.13. The molecule has 0 saturated carbocycles. The number of ether oxygens (including phenoxy) is 2. The van der Waals surface area contributed by atoms with Gasteiger partial charge in [0, 0.05) is 5.69 Å². The molecule has 0 saturated heterocycles. The second kappa shape index (κ2) is 7.56. The van der Waals surface area contributed by atoms with Gasteiger partial charge >= 0.3 is 0 Å². The molecule has 0 spiro atoms. The van der Waals surface area contributed by atoms with Crippen molar-refractivity contribution in [2.75, 3.05) is 26.1 Å². The van der Waals surface area contributed by atoms with Gasteiger partial charge in [-0.05, 0) is 42.2 Å². The van der Waals surface area contributed by atoms with E-state index in [1.54, 1.807) is 7.11 Å². The standard InChI is InChI=1S/C17H21NO2/c1-19-16-8-6-14(7-9-16)10-12-20-13-11-15-4-2-3-5-17(15)18/h2-9H,10-13,18H2,1H3. The van der Waals surface area contributed by atoms with E-state index < -0.39 is 0 Å². The lowest BCUT2D eigenvalue weighted by Crippen LogP contribution is -2.04. The summed E-state index contributed by atoms with van der Waals surface area (Å²) in [7, 11) is 1.67. The monoisotopic (exact) mass is 271 g/mol. The zero-order valence-corrected chi connectivity index (χ0v) is 11.8. The smallest absolute Gasteiger partial charge is 0.118 e. The number of anilines is 1. The zero-order chi connectivity index (χ0) is 14.2. The van der Waals surface area contributed by atoms with Crippen LogP contribution >= 0.6 is 0 Å².